The van der Waals surface area contributed by atoms with Crippen LogP contribution in [0.4, 0.5) is 14.5 Å². The van der Waals surface area contributed by atoms with Gasteiger partial charge in [0.15, 0.2) is 5.75 Å². The fourth-order valence-electron chi connectivity index (χ4n) is 1.76. The summed E-state index contributed by atoms with van der Waals surface area (Å²) in [5, 5.41) is 10.9. The van der Waals surface area contributed by atoms with E-state index in [1.54, 1.807) is 0 Å². The molecule has 7 heteroatoms. The van der Waals surface area contributed by atoms with Gasteiger partial charge in [-0.25, -0.2) is 8.78 Å². The predicted molar refractivity (Wildman–Crippen MR) is 73.3 cm³/mol. The number of ether oxygens (including phenoxy) is 1. The van der Waals surface area contributed by atoms with Crippen LogP contribution >= 0.6 is 11.6 Å². The Morgan fingerprint density at radius 2 is 1.76 bits per heavy atom. The third-order valence-electron chi connectivity index (χ3n) is 2.69. The third-order valence-corrected chi connectivity index (χ3v) is 3.00. The van der Waals surface area contributed by atoms with Crippen LogP contribution in [0.2, 0.25) is 0 Å². The van der Waals surface area contributed by atoms with Crippen LogP contribution in [0.15, 0.2) is 36.4 Å². The van der Waals surface area contributed by atoms with Crippen LogP contribution in [-0.2, 0) is 12.5 Å². The Labute approximate surface area is 124 Å². The average molecular weight is 314 g/mol. The molecule has 0 aliphatic heterocycles. The number of hydrogen-bond donors (Lipinski definition) is 0. The molecule has 4 nitrogen and oxygen atoms in total. The molecule has 2 rings (SSSR count). The van der Waals surface area contributed by atoms with E-state index in [-0.39, 0.29) is 29.5 Å². The summed E-state index contributed by atoms with van der Waals surface area (Å²) >= 11 is 5.66. The zero-order chi connectivity index (χ0) is 15.4. The predicted octanol–water partition coefficient (Wildman–Crippen LogP) is 4.19. The maximum Gasteiger partial charge on any atom is 0.310 e. The Kier molecular flexibility index (Phi) is 4.70. The molecule has 0 aliphatic rings. The van der Waals surface area contributed by atoms with E-state index in [9.17, 15) is 18.9 Å². The normalized spacial score (nSPS) is 10.4. The van der Waals surface area contributed by atoms with Gasteiger partial charge < -0.3 is 4.74 Å². The van der Waals surface area contributed by atoms with Crippen LogP contribution in [0.25, 0.3) is 0 Å². The van der Waals surface area contributed by atoms with Gasteiger partial charge in [0.25, 0.3) is 0 Å². The lowest BCUT2D eigenvalue weighted by atomic mass is 10.2. The number of hydrogen-bond acceptors (Lipinski definition) is 3. The summed E-state index contributed by atoms with van der Waals surface area (Å²) in [7, 11) is 0. The zero-order valence-corrected chi connectivity index (χ0v) is 11.4. The van der Waals surface area contributed by atoms with Gasteiger partial charge in [-0.2, -0.15) is 0 Å². The molecular weight excluding hydrogens is 304 g/mol. The third kappa shape index (κ3) is 3.88. The van der Waals surface area contributed by atoms with Crippen LogP contribution < -0.4 is 4.74 Å². The van der Waals surface area contributed by atoms with Crippen molar-refractivity contribution in [2.24, 2.45) is 0 Å². The second-order valence-electron chi connectivity index (χ2n) is 4.26. The van der Waals surface area contributed by atoms with Gasteiger partial charge in [0, 0.05) is 18.0 Å². The molecule has 0 saturated carbocycles. The minimum absolute atomic E-state index is 0.00261. The maximum absolute atomic E-state index is 13.1. The van der Waals surface area contributed by atoms with Crippen molar-refractivity contribution >= 4 is 17.3 Å². The van der Waals surface area contributed by atoms with Crippen LogP contribution in [0, 0.1) is 21.7 Å². The molecule has 0 atom stereocenters. The van der Waals surface area contributed by atoms with Crippen LogP contribution in [0.1, 0.15) is 11.1 Å². The number of nitro groups is 1. The summed E-state index contributed by atoms with van der Waals surface area (Å²) in [6.45, 7) is -0.193. The van der Waals surface area contributed by atoms with Crippen LogP contribution in [-0.4, -0.2) is 4.92 Å². The Morgan fingerprint density at radius 1 is 1.10 bits per heavy atom. The van der Waals surface area contributed by atoms with E-state index in [1.807, 2.05) is 0 Å². The Balaban J connectivity index is 2.23. The lowest BCUT2D eigenvalue weighted by Crippen LogP contribution is -2.01. The monoisotopic (exact) mass is 313 g/mol. The highest BCUT2D eigenvalue weighted by molar-refractivity contribution is 6.17. The Morgan fingerprint density at radius 3 is 2.33 bits per heavy atom. The van der Waals surface area contributed by atoms with E-state index in [0.717, 1.165) is 18.2 Å². The zero-order valence-electron chi connectivity index (χ0n) is 10.7. The molecule has 2 aromatic rings. The molecule has 0 unspecified atom stereocenters. The first-order chi connectivity index (χ1) is 9.99. The van der Waals surface area contributed by atoms with Gasteiger partial charge in [0.05, 0.1) is 4.92 Å². The highest BCUT2D eigenvalue weighted by atomic mass is 35.5. The number of nitrogens with zero attached hydrogens (tertiary/aromatic N) is 1. The summed E-state index contributed by atoms with van der Waals surface area (Å²) < 4.78 is 31.4. The molecule has 21 heavy (non-hydrogen) atoms. The molecule has 110 valence electrons. The molecule has 0 aliphatic carbocycles. The van der Waals surface area contributed by atoms with Gasteiger partial charge >= 0.3 is 5.69 Å². The Bertz CT molecular complexity index is 659. The number of alkyl halides is 1. The molecule has 0 spiro atoms. The first-order valence-corrected chi connectivity index (χ1v) is 6.44. The van der Waals surface area contributed by atoms with Gasteiger partial charge in [-0.1, -0.05) is 6.07 Å². The van der Waals surface area contributed by atoms with Gasteiger partial charge in [0.2, 0.25) is 0 Å². The average Bonchev–Trinajstić information content (AvgIpc) is 2.43. The van der Waals surface area contributed by atoms with Crippen molar-refractivity contribution in [1.82, 2.24) is 0 Å². The molecule has 0 bridgehead atoms. The van der Waals surface area contributed by atoms with Crippen molar-refractivity contribution in [3.63, 3.8) is 0 Å². The van der Waals surface area contributed by atoms with Crippen molar-refractivity contribution in [2.75, 3.05) is 0 Å². The van der Waals surface area contributed by atoms with Gasteiger partial charge in [-0.3, -0.25) is 10.1 Å². The summed E-state index contributed by atoms with van der Waals surface area (Å²) in [6.07, 6.45) is 0. The smallest absolute Gasteiger partial charge is 0.310 e. The standard InChI is InChI=1S/C14H10ClF2NO3/c15-7-9-1-2-13(18(19)20)14(5-9)21-8-10-3-11(16)6-12(17)4-10/h1-6H,7-8H2. The van der Waals surface area contributed by atoms with E-state index < -0.39 is 16.6 Å². The van der Waals surface area contributed by atoms with Crippen LogP contribution in [0.5, 0.6) is 5.75 Å². The molecular formula is C14H10ClF2NO3. The lowest BCUT2D eigenvalue weighted by Gasteiger charge is -2.08. The number of nitro benzene ring substituents is 1. The first kappa shape index (κ1) is 15.2. The fourth-order valence-corrected chi connectivity index (χ4v) is 1.93. The molecule has 0 radical (unpaired) electrons. The van der Waals surface area contributed by atoms with Gasteiger partial charge in [0.1, 0.15) is 18.2 Å². The highest BCUT2D eigenvalue weighted by Crippen LogP contribution is 2.29. The maximum atomic E-state index is 13.1. The van der Waals surface area contributed by atoms with Gasteiger partial charge in [-0.05, 0) is 29.3 Å². The molecule has 0 amide bonds. The Hall–Kier alpha value is -2.21. The van der Waals surface area contributed by atoms with Gasteiger partial charge in [-0.15, -0.1) is 11.6 Å². The highest BCUT2D eigenvalue weighted by Gasteiger charge is 2.16. The van der Waals surface area contributed by atoms with E-state index in [0.29, 0.717) is 5.56 Å². The second kappa shape index (κ2) is 6.49. The summed E-state index contributed by atoms with van der Waals surface area (Å²) in [4.78, 5) is 10.3. The van der Waals surface area contributed by atoms with E-state index in [2.05, 4.69) is 0 Å². The number of rotatable bonds is 5. The number of benzene rings is 2. The molecule has 0 N–H and O–H groups in total. The quantitative estimate of drug-likeness (QED) is 0.472. The van der Waals surface area contributed by atoms with Crippen LogP contribution in [0.3, 0.4) is 0 Å². The minimum Gasteiger partial charge on any atom is -0.482 e. The summed E-state index contributed by atoms with van der Waals surface area (Å²) in [5.41, 5.74) is 0.640. The molecule has 2 aromatic carbocycles. The van der Waals surface area contributed by atoms with Crippen molar-refractivity contribution in [2.45, 2.75) is 12.5 Å². The topological polar surface area (TPSA) is 52.4 Å². The van der Waals surface area contributed by atoms with Crippen molar-refractivity contribution in [3.05, 3.63) is 69.3 Å². The van der Waals surface area contributed by atoms with Crippen molar-refractivity contribution < 1.29 is 18.4 Å². The summed E-state index contributed by atoms with van der Waals surface area (Å²) in [6, 6.07) is 7.15. The SMILES string of the molecule is O=[N+]([O-])c1ccc(CCl)cc1OCc1cc(F)cc(F)c1. The number of halogens is 3. The van der Waals surface area contributed by atoms with E-state index >= 15 is 0 Å². The molecule has 0 fully saturated rings. The minimum atomic E-state index is -0.738. The molecule has 0 heterocycles. The largest absolute Gasteiger partial charge is 0.482 e. The fraction of sp³-hybridized carbons (Fsp3) is 0.143. The van der Waals surface area contributed by atoms with E-state index in [4.69, 9.17) is 16.3 Å². The second-order valence-corrected chi connectivity index (χ2v) is 4.53. The molecule has 0 aromatic heterocycles. The van der Waals surface area contributed by atoms with Crippen molar-refractivity contribution in [1.29, 1.82) is 0 Å². The summed E-state index contributed by atoms with van der Waals surface area (Å²) in [5.74, 6) is -1.30. The first-order valence-electron chi connectivity index (χ1n) is 5.90. The lowest BCUT2D eigenvalue weighted by molar-refractivity contribution is -0.386. The van der Waals surface area contributed by atoms with Crippen molar-refractivity contribution in [3.8, 4) is 5.75 Å². The van der Waals surface area contributed by atoms with E-state index in [1.165, 1.54) is 18.2 Å². The molecule has 0 saturated heterocycles.